The second kappa shape index (κ2) is 5.90. The third-order valence-corrected chi connectivity index (χ3v) is 6.50. The predicted octanol–water partition coefficient (Wildman–Crippen LogP) is 4.80. The number of carbonyl (C=O) groups excluding carboxylic acids is 1. The second-order valence-electron chi connectivity index (χ2n) is 7.85. The summed E-state index contributed by atoms with van der Waals surface area (Å²) in [6, 6.07) is 8.37. The van der Waals surface area contributed by atoms with Crippen molar-refractivity contribution >= 4 is 17.5 Å². The number of benzene rings is 1. The summed E-state index contributed by atoms with van der Waals surface area (Å²) in [5.41, 5.74) is 0.730. The molecule has 0 unspecified atom stereocenters. The lowest BCUT2D eigenvalue weighted by Gasteiger charge is -2.59. The Balaban J connectivity index is 1.66. The lowest BCUT2D eigenvalue weighted by atomic mass is 9.50. The summed E-state index contributed by atoms with van der Waals surface area (Å²) in [5, 5.41) is 2.29. The van der Waals surface area contributed by atoms with Crippen molar-refractivity contribution < 1.29 is 18.0 Å². The van der Waals surface area contributed by atoms with E-state index in [1.54, 1.807) is 24.3 Å². The number of hydrogen-bond donors (Lipinski definition) is 1. The highest BCUT2D eigenvalue weighted by molar-refractivity contribution is 6.24. The van der Waals surface area contributed by atoms with E-state index in [1.807, 2.05) is 6.07 Å². The highest BCUT2D eigenvalue weighted by atomic mass is 35.5. The summed E-state index contributed by atoms with van der Waals surface area (Å²) in [4.78, 5) is 11.5. The van der Waals surface area contributed by atoms with Gasteiger partial charge < -0.3 is 5.32 Å². The predicted molar refractivity (Wildman–Crippen MR) is 88.8 cm³/mol. The molecule has 1 aromatic rings. The molecule has 4 aliphatic carbocycles. The quantitative estimate of drug-likeness (QED) is 0.761. The van der Waals surface area contributed by atoms with Gasteiger partial charge in [0.1, 0.15) is 0 Å². The molecule has 1 radical (unpaired) electrons. The Morgan fingerprint density at radius 1 is 1.24 bits per heavy atom. The van der Waals surface area contributed by atoms with Gasteiger partial charge in [0.15, 0.2) is 0 Å². The topological polar surface area (TPSA) is 29.1 Å². The van der Waals surface area contributed by atoms with Gasteiger partial charge in [0, 0.05) is 4.87 Å². The first-order valence-electron chi connectivity index (χ1n) is 8.71. The molecule has 1 N–H and O–H groups in total. The molecule has 0 saturated heterocycles. The van der Waals surface area contributed by atoms with Crippen molar-refractivity contribution in [3.05, 3.63) is 41.8 Å². The maximum atomic E-state index is 12.9. The van der Waals surface area contributed by atoms with Gasteiger partial charge in [-0.1, -0.05) is 30.3 Å². The Morgan fingerprint density at radius 3 is 2.56 bits per heavy atom. The van der Waals surface area contributed by atoms with Crippen LogP contribution in [-0.4, -0.2) is 17.0 Å². The van der Waals surface area contributed by atoms with Crippen LogP contribution in [0.3, 0.4) is 0 Å². The van der Waals surface area contributed by atoms with E-state index in [9.17, 15) is 18.0 Å². The summed E-state index contributed by atoms with van der Waals surface area (Å²) in [7, 11) is 0. The Bertz CT molecular complexity index is 646. The van der Waals surface area contributed by atoms with Gasteiger partial charge in [-0.3, -0.25) is 4.79 Å². The van der Waals surface area contributed by atoms with Crippen molar-refractivity contribution in [2.75, 3.05) is 0 Å². The first-order valence-corrected chi connectivity index (χ1v) is 9.09. The van der Waals surface area contributed by atoms with Gasteiger partial charge in [-0.2, -0.15) is 13.2 Å². The fourth-order valence-corrected chi connectivity index (χ4v) is 6.04. The molecular weight excluding hydrogens is 351 g/mol. The molecule has 0 aliphatic heterocycles. The smallest absolute Gasteiger partial charge is 0.341 e. The van der Waals surface area contributed by atoms with Gasteiger partial charge in [-0.25, -0.2) is 0 Å². The minimum atomic E-state index is -4.88. The molecule has 25 heavy (non-hydrogen) atoms. The summed E-state index contributed by atoms with van der Waals surface area (Å²) < 4.78 is 38.6. The van der Waals surface area contributed by atoms with Crippen LogP contribution >= 0.6 is 11.6 Å². The fraction of sp³-hybridized carbons (Fsp3) is 0.579. The number of carbonyl (C=O) groups is 1. The molecule has 1 aromatic carbocycles. The zero-order valence-electron chi connectivity index (χ0n) is 13.7. The van der Waals surface area contributed by atoms with Gasteiger partial charge in [0.2, 0.25) is 0 Å². The van der Waals surface area contributed by atoms with E-state index in [-0.39, 0.29) is 16.7 Å². The first-order chi connectivity index (χ1) is 11.8. The first kappa shape index (κ1) is 17.2. The number of nitrogens with one attached hydrogen (secondary N) is 1. The van der Waals surface area contributed by atoms with Crippen molar-refractivity contribution in [2.45, 2.75) is 49.2 Å². The van der Waals surface area contributed by atoms with Crippen LogP contribution in [0.25, 0.3) is 0 Å². The Hall–Kier alpha value is -1.23. The van der Waals surface area contributed by atoms with Gasteiger partial charge in [0.25, 0.3) is 0 Å². The number of halogens is 4. The highest BCUT2D eigenvalue weighted by Gasteiger charge is 2.57. The molecule has 2 nitrogen and oxygen atoms in total. The van der Waals surface area contributed by atoms with E-state index in [2.05, 4.69) is 5.32 Å². The maximum Gasteiger partial charge on any atom is 0.471 e. The van der Waals surface area contributed by atoms with E-state index in [0.29, 0.717) is 5.92 Å². The molecule has 135 valence electrons. The van der Waals surface area contributed by atoms with Crippen LogP contribution < -0.4 is 5.32 Å². The minimum absolute atomic E-state index is 0.0582. The molecule has 6 heteroatoms. The molecule has 5 rings (SSSR count). The van der Waals surface area contributed by atoms with Crippen molar-refractivity contribution in [2.24, 2.45) is 17.8 Å². The average Bonchev–Trinajstić information content (AvgIpc) is 2.51. The summed E-state index contributed by atoms with van der Waals surface area (Å²) in [6.45, 7) is 0. The van der Waals surface area contributed by atoms with E-state index >= 15 is 0 Å². The monoisotopic (exact) mass is 370 g/mol. The van der Waals surface area contributed by atoms with Crippen LogP contribution in [0.1, 0.15) is 43.7 Å². The van der Waals surface area contributed by atoms with Crippen LogP contribution in [0.4, 0.5) is 13.2 Å². The summed E-state index contributed by atoms with van der Waals surface area (Å²) in [6.07, 6.45) is -0.361. The van der Waals surface area contributed by atoms with Crippen LogP contribution in [0, 0.1) is 23.7 Å². The fourth-order valence-electron chi connectivity index (χ4n) is 5.45. The van der Waals surface area contributed by atoms with Crippen molar-refractivity contribution in [1.82, 2.24) is 5.32 Å². The van der Waals surface area contributed by atoms with E-state index < -0.39 is 18.1 Å². The van der Waals surface area contributed by atoms with Crippen LogP contribution in [0.15, 0.2) is 30.3 Å². The van der Waals surface area contributed by atoms with Crippen LogP contribution in [-0.2, 0) is 4.79 Å². The lowest BCUT2D eigenvalue weighted by molar-refractivity contribution is -0.175. The van der Waals surface area contributed by atoms with Gasteiger partial charge >= 0.3 is 12.1 Å². The summed E-state index contributed by atoms with van der Waals surface area (Å²) >= 11 is 6.74. The molecule has 4 aliphatic rings. The molecule has 1 amide bonds. The van der Waals surface area contributed by atoms with Crippen molar-refractivity contribution in [1.29, 1.82) is 0 Å². The third-order valence-electron chi connectivity index (χ3n) is 6.05. The van der Waals surface area contributed by atoms with Gasteiger partial charge in [-0.15, -0.1) is 11.6 Å². The highest BCUT2D eigenvalue weighted by Crippen LogP contribution is 2.63. The molecule has 0 aromatic heterocycles. The number of hydrogen-bond acceptors (Lipinski definition) is 1. The maximum absolute atomic E-state index is 12.9. The Morgan fingerprint density at radius 2 is 1.96 bits per heavy atom. The third kappa shape index (κ3) is 3.16. The van der Waals surface area contributed by atoms with Crippen molar-refractivity contribution in [3.8, 4) is 0 Å². The number of alkyl halides is 4. The standard InChI is InChI=1S/C19H20ClF3NO/c20-18-8-11-6-13(9-18)15(14(7-11)10-18)16(12-4-2-1-3-5-12)24-17(25)19(21,22)23/h1-5,11,13,15-16H,6-10H2,(H,24,25)/t11-,13+,15+,16-,18+/m1/s1. The van der Waals surface area contributed by atoms with Gasteiger partial charge in [-0.05, 0) is 61.3 Å². The van der Waals surface area contributed by atoms with E-state index in [1.165, 1.54) is 5.92 Å². The zero-order chi connectivity index (χ0) is 17.8. The van der Waals surface area contributed by atoms with Gasteiger partial charge in [0.05, 0.1) is 6.04 Å². The molecule has 0 heterocycles. The normalized spacial score (nSPS) is 35.6. The molecule has 5 atom stereocenters. The molecule has 4 saturated carbocycles. The lowest BCUT2D eigenvalue weighted by Crippen LogP contribution is -2.55. The second-order valence-corrected chi connectivity index (χ2v) is 8.65. The van der Waals surface area contributed by atoms with Crippen molar-refractivity contribution in [3.63, 3.8) is 0 Å². The minimum Gasteiger partial charge on any atom is -0.341 e. The van der Waals surface area contributed by atoms with Crippen LogP contribution in [0.5, 0.6) is 0 Å². The SMILES string of the molecule is O=C(N[C@H](c1ccccc1)[C@@H]1[C]2C[C@H]3C[C@H]1C[C@](Cl)(C2)C3)C(F)(F)F. The summed E-state index contributed by atoms with van der Waals surface area (Å²) in [5.74, 6) is 0.108. The molecular formula is C19H20ClF3NO. The molecule has 4 bridgehead atoms. The van der Waals surface area contributed by atoms with E-state index in [4.69, 9.17) is 11.6 Å². The zero-order valence-corrected chi connectivity index (χ0v) is 14.4. The number of amides is 1. The Kier molecular flexibility index (Phi) is 4.06. The number of rotatable bonds is 3. The Labute approximate surface area is 150 Å². The van der Waals surface area contributed by atoms with Crippen LogP contribution in [0.2, 0.25) is 0 Å². The molecule has 0 spiro atoms. The molecule has 4 fully saturated rings. The average molecular weight is 371 g/mol. The largest absolute Gasteiger partial charge is 0.471 e. The van der Waals surface area contributed by atoms with E-state index in [0.717, 1.165) is 37.7 Å².